The standard InChI is InChI=1S/C14H9Cl2NO2/c15-13-5-4-12(7-14(13)16)19-8-10-2-1-3-11(6-10)17-9-18/h1-7H,8H2. The lowest BCUT2D eigenvalue weighted by Crippen LogP contribution is -1.95. The van der Waals surface area contributed by atoms with E-state index < -0.39 is 0 Å². The van der Waals surface area contributed by atoms with Crippen molar-refractivity contribution in [3.05, 3.63) is 58.1 Å². The third-order valence-corrected chi connectivity index (χ3v) is 3.12. The molecule has 0 saturated heterocycles. The van der Waals surface area contributed by atoms with Gasteiger partial charge in [0, 0.05) is 6.07 Å². The van der Waals surface area contributed by atoms with Crippen LogP contribution in [0.3, 0.4) is 0 Å². The lowest BCUT2D eigenvalue weighted by Gasteiger charge is -2.07. The first-order valence-corrected chi connectivity index (χ1v) is 6.19. The van der Waals surface area contributed by atoms with Gasteiger partial charge < -0.3 is 4.74 Å². The van der Waals surface area contributed by atoms with Crippen molar-refractivity contribution in [3.8, 4) is 5.75 Å². The van der Waals surface area contributed by atoms with Gasteiger partial charge in [-0.2, -0.15) is 4.99 Å². The van der Waals surface area contributed by atoms with Crippen LogP contribution in [-0.4, -0.2) is 6.08 Å². The van der Waals surface area contributed by atoms with Crippen molar-refractivity contribution in [1.82, 2.24) is 0 Å². The maximum absolute atomic E-state index is 10.2. The number of rotatable bonds is 4. The minimum Gasteiger partial charge on any atom is -0.489 e. The van der Waals surface area contributed by atoms with Crippen LogP contribution in [0, 0.1) is 0 Å². The third kappa shape index (κ3) is 3.83. The summed E-state index contributed by atoms with van der Waals surface area (Å²) in [5, 5.41) is 0.926. The van der Waals surface area contributed by atoms with Crippen molar-refractivity contribution in [2.24, 2.45) is 4.99 Å². The van der Waals surface area contributed by atoms with Crippen LogP contribution in [0.2, 0.25) is 10.0 Å². The Kier molecular flexibility index (Phi) is 4.58. The van der Waals surface area contributed by atoms with Crippen LogP contribution >= 0.6 is 23.2 Å². The number of carbonyl (C=O) groups excluding carboxylic acids is 1. The Morgan fingerprint density at radius 3 is 2.68 bits per heavy atom. The summed E-state index contributed by atoms with van der Waals surface area (Å²) in [7, 11) is 0. The molecule has 0 N–H and O–H groups in total. The summed E-state index contributed by atoms with van der Waals surface area (Å²) in [6, 6.07) is 12.2. The fraction of sp³-hybridized carbons (Fsp3) is 0.0714. The molecule has 0 aliphatic carbocycles. The molecule has 0 radical (unpaired) electrons. The van der Waals surface area contributed by atoms with Gasteiger partial charge in [-0.15, -0.1) is 0 Å². The van der Waals surface area contributed by atoms with Crippen molar-refractivity contribution >= 4 is 35.0 Å². The largest absolute Gasteiger partial charge is 0.489 e. The first kappa shape index (κ1) is 13.6. The Morgan fingerprint density at radius 2 is 1.95 bits per heavy atom. The molecule has 2 aromatic carbocycles. The van der Waals surface area contributed by atoms with Crippen molar-refractivity contribution in [2.45, 2.75) is 6.61 Å². The zero-order valence-electron chi connectivity index (χ0n) is 9.77. The van der Waals surface area contributed by atoms with Gasteiger partial charge in [-0.25, -0.2) is 4.79 Å². The van der Waals surface area contributed by atoms with E-state index in [1.165, 1.54) is 6.08 Å². The van der Waals surface area contributed by atoms with E-state index in [4.69, 9.17) is 27.9 Å². The Bertz CT molecular complexity index is 637. The zero-order chi connectivity index (χ0) is 13.7. The number of aliphatic imine (C=N–C) groups is 1. The molecule has 19 heavy (non-hydrogen) atoms. The van der Waals surface area contributed by atoms with Crippen LogP contribution in [0.15, 0.2) is 47.5 Å². The van der Waals surface area contributed by atoms with E-state index in [-0.39, 0.29) is 0 Å². The van der Waals surface area contributed by atoms with E-state index in [0.717, 1.165) is 5.56 Å². The summed E-state index contributed by atoms with van der Waals surface area (Å²) in [6.45, 7) is 0.347. The molecule has 0 spiro atoms. The SMILES string of the molecule is O=C=Nc1cccc(COc2ccc(Cl)c(Cl)c2)c1. The lowest BCUT2D eigenvalue weighted by molar-refractivity contribution is 0.306. The van der Waals surface area contributed by atoms with Crippen molar-refractivity contribution in [2.75, 3.05) is 0 Å². The molecule has 0 unspecified atom stereocenters. The predicted octanol–water partition coefficient (Wildman–Crippen LogP) is 4.54. The highest BCUT2D eigenvalue weighted by molar-refractivity contribution is 6.42. The molecule has 0 heterocycles. The second-order valence-corrected chi connectivity index (χ2v) is 4.55. The predicted molar refractivity (Wildman–Crippen MR) is 75.0 cm³/mol. The average molecular weight is 294 g/mol. The molecule has 96 valence electrons. The molecule has 0 aromatic heterocycles. The van der Waals surface area contributed by atoms with Crippen molar-refractivity contribution in [1.29, 1.82) is 0 Å². The highest BCUT2D eigenvalue weighted by atomic mass is 35.5. The summed E-state index contributed by atoms with van der Waals surface area (Å²) in [4.78, 5) is 13.7. The zero-order valence-corrected chi connectivity index (χ0v) is 11.3. The van der Waals surface area contributed by atoms with Gasteiger partial charge in [-0.05, 0) is 29.8 Å². The molecule has 5 heteroatoms. The Labute approximate surface area is 120 Å². The van der Waals surface area contributed by atoms with Gasteiger partial charge in [0.25, 0.3) is 0 Å². The minimum atomic E-state index is 0.347. The van der Waals surface area contributed by atoms with Gasteiger partial charge in [0.15, 0.2) is 0 Å². The van der Waals surface area contributed by atoms with Gasteiger partial charge in [-0.3, -0.25) is 0 Å². The lowest BCUT2D eigenvalue weighted by atomic mass is 10.2. The topological polar surface area (TPSA) is 38.7 Å². The number of nitrogens with zero attached hydrogens (tertiary/aromatic N) is 1. The molecule has 2 aromatic rings. The number of ether oxygens (including phenoxy) is 1. The van der Waals surface area contributed by atoms with E-state index in [2.05, 4.69) is 4.99 Å². The molecular formula is C14H9Cl2NO2. The minimum absolute atomic E-state index is 0.347. The van der Waals surface area contributed by atoms with Crippen LogP contribution in [0.1, 0.15) is 5.56 Å². The van der Waals surface area contributed by atoms with E-state index in [9.17, 15) is 4.79 Å². The molecule has 3 nitrogen and oxygen atoms in total. The smallest absolute Gasteiger partial charge is 0.240 e. The molecule has 0 aliphatic heterocycles. The second-order valence-electron chi connectivity index (χ2n) is 3.74. The van der Waals surface area contributed by atoms with Crippen molar-refractivity contribution < 1.29 is 9.53 Å². The molecule has 0 atom stereocenters. The summed E-state index contributed by atoms with van der Waals surface area (Å²) >= 11 is 11.7. The van der Waals surface area contributed by atoms with E-state index in [0.29, 0.717) is 28.1 Å². The van der Waals surface area contributed by atoms with Gasteiger partial charge in [0.2, 0.25) is 6.08 Å². The van der Waals surface area contributed by atoms with Gasteiger partial charge >= 0.3 is 0 Å². The Hall–Kier alpha value is -1.80. The van der Waals surface area contributed by atoms with Crippen LogP contribution in [0.5, 0.6) is 5.75 Å². The fourth-order valence-electron chi connectivity index (χ4n) is 1.50. The first-order chi connectivity index (χ1) is 9.19. The number of benzene rings is 2. The molecule has 2 rings (SSSR count). The van der Waals surface area contributed by atoms with Crippen LogP contribution in [0.4, 0.5) is 5.69 Å². The first-order valence-electron chi connectivity index (χ1n) is 5.44. The molecule has 0 saturated carbocycles. The number of halogens is 2. The van der Waals surface area contributed by atoms with Crippen molar-refractivity contribution in [3.63, 3.8) is 0 Å². The number of hydrogen-bond donors (Lipinski definition) is 0. The molecule has 0 aliphatic rings. The van der Waals surface area contributed by atoms with Gasteiger partial charge in [0.05, 0.1) is 15.7 Å². The number of isocyanates is 1. The van der Waals surface area contributed by atoms with Crippen LogP contribution in [0.25, 0.3) is 0 Å². The normalized spacial score (nSPS) is 9.79. The van der Waals surface area contributed by atoms with Crippen LogP contribution < -0.4 is 4.74 Å². The Morgan fingerprint density at radius 1 is 1.11 bits per heavy atom. The number of hydrogen-bond acceptors (Lipinski definition) is 3. The molecule has 0 bridgehead atoms. The van der Waals surface area contributed by atoms with E-state index in [1.807, 2.05) is 6.07 Å². The summed E-state index contributed by atoms with van der Waals surface area (Å²) in [6.07, 6.45) is 1.50. The van der Waals surface area contributed by atoms with Crippen LogP contribution in [-0.2, 0) is 11.4 Å². The molecule has 0 fully saturated rings. The monoisotopic (exact) mass is 293 g/mol. The average Bonchev–Trinajstić information content (AvgIpc) is 2.41. The van der Waals surface area contributed by atoms with Gasteiger partial charge in [-0.1, -0.05) is 35.3 Å². The second kappa shape index (κ2) is 6.39. The van der Waals surface area contributed by atoms with E-state index >= 15 is 0 Å². The highest BCUT2D eigenvalue weighted by Crippen LogP contribution is 2.27. The maximum Gasteiger partial charge on any atom is 0.240 e. The highest BCUT2D eigenvalue weighted by Gasteiger charge is 2.01. The molecule has 0 amide bonds. The van der Waals surface area contributed by atoms with E-state index in [1.54, 1.807) is 36.4 Å². The quantitative estimate of drug-likeness (QED) is 0.613. The molecular weight excluding hydrogens is 285 g/mol. The summed E-state index contributed by atoms with van der Waals surface area (Å²) in [5.41, 5.74) is 1.44. The third-order valence-electron chi connectivity index (χ3n) is 2.38. The maximum atomic E-state index is 10.2. The summed E-state index contributed by atoms with van der Waals surface area (Å²) in [5.74, 6) is 0.624. The van der Waals surface area contributed by atoms with Gasteiger partial charge in [0.1, 0.15) is 12.4 Å². The fourth-order valence-corrected chi connectivity index (χ4v) is 1.79. The Balaban J connectivity index is 2.07. The summed E-state index contributed by atoms with van der Waals surface area (Å²) < 4.78 is 5.58.